The molecule has 0 aliphatic heterocycles. The van der Waals surface area contributed by atoms with Crippen molar-refractivity contribution in [3.05, 3.63) is 59.7 Å². The Kier molecular flexibility index (Phi) is 15.1. The number of benzene rings is 2. The summed E-state index contributed by atoms with van der Waals surface area (Å²) in [5, 5.41) is 9.75. The van der Waals surface area contributed by atoms with Gasteiger partial charge >= 0.3 is 0 Å². The molecule has 0 saturated carbocycles. The molecule has 156 valence electrons. The second kappa shape index (κ2) is 15.7. The van der Waals surface area contributed by atoms with Gasteiger partial charge in [0.1, 0.15) is 11.5 Å². The molecule has 4 nitrogen and oxygen atoms in total. The Morgan fingerprint density at radius 2 is 1.50 bits per heavy atom. The minimum absolute atomic E-state index is 0. The first-order valence-electron chi connectivity index (χ1n) is 8.44. The topological polar surface area (TPSA) is 49.8 Å². The Bertz CT molecular complexity index is 672. The smallest absolute Gasteiger partial charge is 0.196 e. The molecule has 0 aliphatic carbocycles. The van der Waals surface area contributed by atoms with Gasteiger partial charge in [0.2, 0.25) is 0 Å². The van der Waals surface area contributed by atoms with E-state index in [1.807, 2.05) is 6.07 Å². The standard InChI is InChI=1S/C14H12O3.C6H12Cl3N.ClH/c1-17-11-7-8-12(13(15)9-11)14(16)10-5-3-2-4-6-10;7-1-4-10(5-2-8)6-3-9;/h2-9,15H,1H3;1-6H2;1H. The van der Waals surface area contributed by atoms with E-state index in [2.05, 4.69) is 4.90 Å². The van der Waals surface area contributed by atoms with Gasteiger partial charge < -0.3 is 9.84 Å². The molecule has 2 aromatic carbocycles. The lowest BCUT2D eigenvalue weighted by Crippen LogP contribution is -2.29. The monoisotopic (exact) mass is 467 g/mol. The maximum Gasteiger partial charge on any atom is 0.196 e. The average molecular weight is 469 g/mol. The molecule has 0 radical (unpaired) electrons. The Labute approximate surface area is 187 Å². The Balaban J connectivity index is 0.000000577. The van der Waals surface area contributed by atoms with Gasteiger partial charge in [-0.1, -0.05) is 30.3 Å². The predicted octanol–water partition coefficient (Wildman–Crippen LogP) is 5.06. The van der Waals surface area contributed by atoms with Crippen LogP contribution in [0.2, 0.25) is 0 Å². The lowest BCUT2D eigenvalue weighted by atomic mass is 10.0. The molecule has 0 heterocycles. The van der Waals surface area contributed by atoms with Crippen molar-refractivity contribution >= 4 is 53.0 Å². The summed E-state index contributed by atoms with van der Waals surface area (Å²) in [4.78, 5) is 14.2. The van der Waals surface area contributed by atoms with Gasteiger partial charge in [0.05, 0.1) is 12.7 Å². The lowest BCUT2D eigenvalue weighted by Gasteiger charge is -2.17. The molecule has 0 aliphatic rings. The van der Waals surface area contributed by atoms with E-state index in [0.29, 0.717) is 29.0 Å². The van der Waals surface area contributed by atoms with Gasteiger partial charge in [-0.3, -0.25) is 9.69 Å². The third-order valence-electron chi connectivity index (χ3n) is 3.69. The fraction of sp³-hybridized carbons (Fsp3) is 0.350. The summed E-state index contributed by atoms with van der Waals surface area (Å²) in [6.45, 7) is 2.63. The van der Waals surface area contributed by atoms with E-state index in [-0.39, 0.29) is 29.5 Å². The minimum atomic E-state index is -0.203. The SMILES string of the molecule is COc1ccc(C(=O)c2ccccc2)c(O)c1.Cl.ClCCN(CCCl)CCCl. The zero-order valence-corrected chi connectivity index (χ0v) is 18.7. The van der Waals surface area contributed by atoms with Crippen LogP contribution < -0.4 is 4.74 Å². The molecular formula is C20H25Cl4NO3. The van der Waals surface area contributed by atoms with Crippen LogP contribution in [0.25, 0.3) is 0 Å². The van der Waals surface area contributed by atoms with E-state index in [4.69, 9.17) is 39.5 Å². The maximum atomic E-state index is 12.1. The number of alkyl halides is 3. The Morgan fingerprint density at radius 1 is 0.964 bits per heavy atom. The highest BCUT2D eigenvalue weighted by Crippen LogP contribution is 2.25. The number of phenolic OH excluding ortho intramolecular Hbond substituents is 1. The number of carbonyl (C=O) groups excluding carboxylic acids is 1. The summed E-state index contributed by atoms with van der Waals surface area (Å²) in [5.41, 5.74) is 0.824. The number of halogens is 4. The van der Waals surface area contributed by atoms with E-state index in [1.165, 1.54) is 13.2 Å². The van der Waals surface area contributed by atoms with Crippen LogP contribution in [0.5, 0.6) is 11.5 Å². The highest BCUT2D eigenvalue weighted by atomic mass is 35.5. The second-order valence-corrected chi connectivity index (χ2v) is 6.62. The van der Waals surface area contributed by atoms with Gasteiger partial charge in [-0.15, -0.1) is 47.2 Å². The highest BCUT2D eigenvalue weighted by Gasteiger charge is 2.13. The van der Waals surface area contributed by atoms with E-state index < -0.39 is 0 Å². The number of phenols is 1. The first-order valence-corrected chi connectivity index (χ1v) is 10.0. The molecule has 0 bridgehead atoms. The summed E-state index contributed by atoms with van der Waals surface area (Å²) in [6.07, 6.45) is 0. The van der Waals surface area contributed by atoms with Crippen LogP contribution in [0.3, 0.4) is 0 Å². The van der Waals surface area contributed by atoms with E-state index in [0.717, 1.165) is 19.6 Å². The zero-order chi connectivity index (χ0) is 20.1. The van der Waals surface area contributed by atoms with Crippen molar-refractivity contribution in [2.24, 2.45) is 0 Å². The number of methoxy groups -OCH3 is 1. The van der Waals surface area contributed by atoms with Crippen LogP contribution in [0.15, 0.2) is 48.5 Å². The summed E-state index contributed by atoms with van der Waals surface area (Å²) < 4.78 is 4.96. The van der Waals surface area contributed by atoms with Crippen LogP contribution in [0.4, 0.5) is 0 Å². The molecule has 0 amide bonds. The second-order valence-electron chi connectivity index (χ2n) is 5.49. The molecule has 0 spiro atoms. The van der Waals surface area contributed by atoms with Crippen molar-refractivity contribution in [3.8, 4) is 11.5 Å². The average Bonchev–Trinajstić information content (AvgIpc) is 2.69. The van der Waals surface area contributed by atoms with Gasteiger partial charge in [0, 0.05) is 48.9 Å². The molecule has 0 fully saturated rings. The molecule has 0 unspecified atom stereocenters. The highest BCUT2D eigenvalue weighted by molar-refractivity contribution is 6.18. The van der Waals surface area contributed by atoms with Crippen LogP contribution in [0, 0.1) is 0 Å². The number of aromatic hydroxyl groups is 1. The molecular weight excluding hydrogens is 444 g/mol. The molecule has 8 heteroatoms. The van der Waals surface area contributed by atoms with Crippen LogP contribution >= 0.6 is 47.2 Å². The molecule has 2 aromatic rings. The first-order chi connectivity index (χ1) is 13.1. The van der Waals surface area contributed by atoms with Gasteiger partial charge in [0.15, 0.2) is 5.78 Å². The molecule has 0 aromatic heterocycles. The lowest BCUT2D eigenvalue weighted by molar-refractivity contribution is 0.103. The van der Waals surface area contributed by atoms with Crippen LogP contribution in [0.1, 0.15) is 15.9 Å². The van der Waals surface area contributed by atoms with Crippen LogP contribution in [-0.2, 0) is 0 Å². The number of nitrogens with zero attached hydrogens (tertiary/aromatic N) is 1. The Morgan fingerprint density at radius 3 is 1.93 bits per heavy atom. The van der Waals surface area contributed by atoms with E-state index in [9.17, 15) is 9.90 Å². The number of hydrogen-bond acceptors (Lipinski definition) is 4. The largest absolute Gasteiger partial charge is 0.507 e. The third-order valence-corrected chi connectivity index (χ3v) is 4.19. The van der Waals surface area contributed by atoms with Crippen molar-refractivity contribution < 1.29 is 14.6 Å². The zero-order valence-electron chi connectivity index (χ0n) is 15.6. The van der Waals surface area contributed by atoms with E-state index >= 15 is 0 Å². The first kappa shape index (κ1) is 26.8. The van der Waals surface area contributed by atoms with Crippen molar-refractivity contribution in [1.82, 2.24) is 4.90 Å². The van der Waals surface area contributed by atoms with E-state index in [1.54, 1.807) is 36.4 Å². The summed E-state index contributed by atoms with van der Waals surface area (Å²) in [7, 11) is 1.51. The van der Waals surface area contributed by atoms with Gasteiger partial charge in [-0.2, -0.15) is 0 Å². The molecule has 28 heavy (non-hydrogen) atoms. The number of rotatable bonds is 9. The molecule has 0 atom stereocenters. The predicted molar refractivity (Wildman–Crippen MR) is 120 cm³/mol. The molecule has 2 rings (SSSR count). The molecule has 0 saturated heterocycles. The van der Waals surface area contributed by atoms with Gasteiger partial charge in [-0.05, 0) is 12.1 Å². The maximum absolute atomic E-state index is 12.1. The van der Waals surface area contributed by atoms with Gasteiger partial charge in [0.25, 0.3) is 0 Å². The summed E-state index contributed by atoms with van der Waals surface area (Å²) in [6, 6.07) is 13.5. The fourth-order valence-corrected chi connectivity index (χ4v) is 2.99. The van der Waals surface area contributed by atoms with Crippen molar-refractivity contribution in [1.29, 1.82) is 0 Å². The summed E-state index contributed by atoms with van der Waals surface area (Å²) >= 11 is 16.6. The van der Waals surface area contributed by atoms with Crippen molar-refractivity contribution in [3.63, 3.8) is 0 Å². The van der Waals surface area contributed by atoms with Crippen molar-refractivity contribution in [2.45, 2.75) is 0 Å². The number of hydrogen-bond donors (Lipinski definition) is 1. The number of ether oxygens (including phenoxy) is 1. The number of ketones is 1. The quantitative estimate of drug-likeness (QED) is 0.412. The van der Waals surface area contributed by atoms with Crippen molar-refractivity contribution in [2.75, 3.05) is 44.4 Å². The Hall–Kier alpha value is -1.17. The van der Waals surface area contributed by atoms with Gasteiger partial charge in [-0.25, -0.2) is 0 Å². The summed E-state index contributed by atoms with van der Waals surface area (Å²) in [5.74, 6) is 2.19. The fourth-order valence-electron chi connectivity index (χ4n) is 2.27. The third kappa shape index (κ3) is 9.35. The molecule has 1 N–H and O–H groups in total. The normalized spacial score (nSPS) is 9.89. The number of carbonyl (C=O) groups is 1. The van der Waals surface area contributed by atoms with Crippen LogP contribution in [-0.4, -0.2) is 60.2 Å². The minimum Gasteiger partial charge on any atom is -0.507 e.